The van der Waals surface area contributed by atoms with Crippen LogP contribution in [0.3, 0.4) is 0 Å². The van der Waals surface area contributed by atoms with Crippen LogP contribution in [0.1, 0.15) is 21.7 Å². The molecule has 1 aromatic heterocycles. The molecule has 1 aromatic carbocycles. The lowest BCUT2D eigenvalue weighted by Crippen LogP contribution is -2.01. The van der Waals surface area contributed by atoms with Gasteiger partial charge in [-0.1, -0.05) is 12.1 Å². The number of rotatable bonds is 3. The van der Waals surface area contributed by atoms with Gasteiger partial charge in [-0.15, -0.1) is 0 Å². The predicted octanol–water partition coefficient (Wildman–Crippen LogP) is 2.53. The molecule has 0 amide bonds. The highest BCUT2D eigenvalue weighted by molar-refractivity contribution is 5.87. The summed E-state index contributed by atoms with van der Waals surface area (Å²) >= 11 is 0. The third-order valence-electron chi connectivity index (χ3n) is 2.46. The van der Waals surface area contributed by atoms with E-state index in [0.717, 1.165) is 11.3 Å². The smallest absolute Gasteiger partial charge is 0.354 e. The summed E-state index contributed by atoms with van der Waals surface area (Å²) in [6, 6.07) is 9.75. The van der Waals surface area contributed by atoms with Crippen molar-refractivity contribution in [2.24, 2.45) is 0 Å². The van der Waals surface area contributed by atoms with Crippen LogP contribution in [0.25, 0.3) is 0 Å². The highest BCUT2D eigenvalue weighted by atomic mass is 19.1. The molecule has 0 atom stereocenters. The van der Waals surface area contributed by atoms with Gasteiger partial charge in [-0.3, -0.25) is 0 Å². The van der Waals surface area contributed by atoms with Gasteiger partial charge in [0, 0.05) is 12.1 Å². The molecule has 0 saturated carbocycles. The fourth-order valence-corrected chi connectivity index (χ4v) is 1.59. The molecular formula is C13H12FNO2. The Morgan fingerprint density at radius 1 is 1.24 bits per heavy atom. The maximum Gasteiger partial charge on any atom is 0.354 e. The van der Waals surface area contributed by atoms with Crippen LogP contribution < -0.4 is 0 Å². The van der Waals surface area contributed by atoms with E-state index in [0.29, 0.717) is 12.1 Å². The van der Waals surface area contributed by atoms with Gasteiger partial charge in [-0.05, 0) is 29.8 Å². The van der Waals surface area contributed by atoms with E-state index in [1.165, 1.54) is 19.2 Å². The lowest BCUT2D eigenvalue weighted by atomic mass is 10.1. The van der Waals surface area contributed by atoms with Gasteiger partial charge in [0.1, 0.15) is 11.5 Å². The van der Waals surface area contributed by atoms with E-state index in [9.17, 15) is 9.18 Å². The van der Waals surface area contributed by atoms with Crippen molar-refractivity contribution in [3.05, 3.63) is 59.2 Å². The molecule has 0 aliphatic heterocycles. The summed E-state index contributed by atoms with van der Waals surface area (Å²) in [5, 5.41) is 0. The number of nitrogens with one attached hydrogen (secondary N) is 1. The summed E-state index contributed by atoms with van der Waals surface area (Å²) in [5.74, 6) is -0.647. The summed E-state index contributed by atoms with van der Waals surface area (Å²) < 4.78 is 17.3. The second-order valence-electron chi connectivity index (χ2n) is 3.69. The van der Waals surface area contributed by atoms with E-state index in [2.05, 4.69) is 9.72 Å². The van der Waals surface area contributed by atoms with Crippen molar-refractivity contribution in [1.29, 1.82) is 0 Å². The molecule has 0 unspecified atom stereocenters. The highest BCUT2D eigenvalue weighted by Crippen LogP contribution is 2.11. The number of carbonyl (C=O) groups excluding carboxylic acids is 1. The van der Waals surface area contributed by atoms with Crippen LogP contribution in [0, 0.1) is 5.82 Å². The Labute approximate surface area is 98.2 Å². The molecule has 0 radical (unpaired) electrons. The Hall–Kier alpha value is -2.10. The number of hydrogen-bond acceptors (Lipinski definition) is 2. The van der Waals surface area contributed by atoms with Crippen LogP contribution in [-0.2, 0) is 11.2 Å². The van der Waals surface area contributed by atoms with Gasteiger partial charge < -0.3 is 9.72 Å². The van der Waals surface area contributed by atoms with Crippen molar-refractivity contribution >= 4 is 5.97 Å². The molecule has 0 bridgehead atoms. The van der Waals surface area contributed by atoms with Crippen LogP contribution in [0.4, 0.5) is 4.39 Å². The van der Waals surface area contributed by atoms with Gasteiger partial charge in [0.2, 0.25) is 0 Å². The number of methoxy groups -OCH3 is 1. The topological polar surface area (TPSA) is 42.1 Å². The highest BCUT2D eigenvalue weighted by Gasteiger charge is 2.08. The summed E-state index contributed by atoms with van der Waals surface area (Å²) in [6.45, 7) is 0. The molecule has 4 heteroatoms. The monoisotopic (exact) mass is 233 g/mol. The second kappa shape index (κ2) is 4.82. The zero-order valence-corrected chi connectivity index (χ0v) is 9.37. The van der Waals surface area contributed by atoms with E-state index in [4.69, 9.17) is 0 Å². The lowest BCUT2D eigenvalue weighted by molar-refractivity contribution is 0.0594. The van der Waals surface area contributed by atoms with Crippen molar-refractivity contribution in [1.82, 2.24) is 4.98 Å². The Morgan fingerprint density at radius 2 is 1.94 bits per heavy atom. The van der Waals surface area contributed by atoms with Crippen LogP contribution in [0.15, 0.2) is 36.4 Å². The molecule has 88 valence electrons. The first kappa shape index (κ1) is 11.4. The van der Waals surface area contributed by atoms with Crippen molar-refractivity contribution < 1.29 is 13.9 Å². The number of aromatic nitrogens is 1. The van der Waals surface area contributed by atoms with Gasteiger partial charge in [-0.2, -0.15) is 0 Å². The minimum absolute atomic E-state index is 0.254. The molecule has 0 aliphatic carbocycles. The van der Waals surface area contributed by atoms with E-state index in [-0.39, 0.29) is 5.82 Å². The Kier molecular flexibility index (Phi) is 3.23. The third kappa shape index (κ3) is 2.72. The van der Waals surface area contributed by atoms with Crippen molar-refractivity contribution in [3.8, 4) is 0 Å². The van der Waals surface area contributed by atoms with Crippen LogP contribution >= 0.6 is 0 Å². The molecule has 0 fully saturated rings. The van der Waals surface area contributed by atoms with Crippen LogP contribution in [-0.4, -0.2) is 18.1 Å². The Bertz CT molecular complexity index is 516. The molecule has 3 nitrogen and oxygen atoms in total. The van der Waals surface area contributed by atoms with Crippen molar-refractivity contribution in [3.63, 3.8) is 0 Å². The van der Waals surface area contributed by atoms with E-state index < -0.39 is 5.97 Å². The van der Waals surface area contributed by atoms with Gasteiger partial charge in [0.15, 0.2) is 0 Å². The molecule has 2 rings (SSSR count). The van der Waals surface area contributed by atoms with Gasteiger partial charge in [-0.25, -0.2) is 9.18 Å². The third-order valence-corrected chi connectivity index (χ3v) is 2.46. The molecule has 0 saturated heterocycles. The minimum Gasteiger partial charge on any atom is -0.464 e. The first-order valence-electron chi connectivity index (χ1n) is 5.19. The Balaban J connectivity index is 2.11. The fourth-order valence-electron chi connectivity index (χ4n) is 1.59. The largest absolute Gasteiger partial charge is 0.464 e. The maximum absolute atomic E-state index is 12.7. The minimum atomic E-state index is -0.393. The molecule has 17 heavy (non-hydrogen) atoms. The molecule has 1 heterocycles. The molecule has 0 aliphatic rings. The quantitative estimate of drug-likeness (QED) is 0.828. The maximum atomic E-state index is 12.7. The number of hydrogen-bond donors (Lipinski definition) is 1. The zero-order chi connectivity index (χ0) is 12.3. The first-order valence-corrected chi connectivity index (χ1v) is 5.19. The van der Waals surface area contributed by atoms with E-state index in [1.54, 1.807) is 18.2 Å². The zero-order valence-electron chi connectivity index (χ0n) is 9.37. The summed E-state index contributed by atoms with van der Waals surface area (Å²) in [6.07, 6.45) is 0.622. The number of carbonyl (C=O) groups is 1. The molecular weight excluding hydrogens is 221 g/mol. The normalized spacial score (nSPS) is 10.2. The van der Waals surface area contributed by atoms with Crippen LogP contribution in [0.5, 0.6) is 0 Å². The molecule has 0 spiro atoms. The average molecular weight is 233 g/mol. The number of halogens is 1. The van der Waals surface area contributed by atoms with E-state index in [1.807, 2.05) is 6.07 Å². The number of aromatic amines is 1. The van der Waals surface area contributed by atoms with Crippen LogP contribution in [0.2, 0.25) is 0 Å². The summed E-state index contributed by atoms with van der Waals surface area (Å²) in [5.41, 5.74) is 2.28. The molecule has 2 aromatic rings. The van der Waals surface area contributed by atoms with Gasteiger partial charge in [0.25, 0.3) is 0 Å². The lowest BCUT2D eigenvalue weighted by Gasteiger charge is -1.99. The number of ether oxygens (including phenoxy) is 1. The first-order chi connectivity index (χ1) is 8.19. The van der Waals surface area contributed by atoms with Gasteiger partial charge >= 0.3 is 5.97 Å². The predicted molar refractivity (Wildman–Crippen MR) is 61.3 cm³/mol. The number of H-pyrrole nitrogens is 1. The fraction of sp³-hybridized carbons (Fsp3) is 0.154. The second-order valence-corrected chi connectivity index (χ2v) is 3.69. The van der Waals surface area contributed by atoms with E-state index >= 15 is 0 Å². The molecule has 1 N–H and O–H groups in total. The Morgan fingerprint density at radius 3 is 2.59 bits per heavy atom. The van der Waals surface area contributed by atoms with Crippen molar-refractivity contribution in [2.75, 3.05) is 7.11 Å². The standard InChI is InChI=1S/C13H12FNO2/c1-17-13(16)12-7-6-11(15-12)8-9-2-4-10(14)5-3-9/h2-7,15H,8H2,1H3. The van der Waals surface area contributed by atoms with Gasteiger partial charge in [0.05, 0.1) is 7.11 Å². The number of benzene rings is 1. The average Bonchev–Trinajstić information content (AvgIpc) is 2.80. The summed E-state index contributed by atoms with van der Waals surface area (Å²) in [4.78, 5) is 14.2. The number of esters is 1. The summed E-state index contributed by atoms with van der Waals surface area (Å²) in [7, 11) is 1.34. The SMILES string of the molecule is COC(=O)c1ccc(Cc2ccc(F)cc2)[nH]1. The van der Waals surface area contributed by atoms with Crippen molar-refractivity contribution in [2.45, 2.75) is 6.42 Å².